The molecule has 0 bridgehead atoms. The van der Waals surface area contributed by atoms with Crippen molar-refractivity contribution in [2.75, 3.05) is 29.0 Å². The van der Waals surface area contributed by atoms with Gasteiger partial charge >= 0.3 is 5.97 Å². The van der Waals surface area contributed by atoms with Crippen LogP contribution in [0.2, 0.25) is 0 Å². The maximum absolute atomic E-state index is 13.3. The number of carbonyl (C=O) groups is 2. The second kappa shape index (κ2) is 7.34. The predicted molar refractivity (Wildman–Crippen MR) is 102 cm³/mol. The standard InChI is InChI=1S/C18H18FN7O3/c19-11-7-22-16-14(15(20)24-26(16)9-11)17(27)23-12-1-4-21-8-13(12)25-5-2-10(3-6-25)18(28)29/h1,4,7-10H,2-3,5-6H2,(H2,20,24)(H,28,29)(H,21,23,27). The Morgan fingerprint density at radius 1 is 1.28 bits per heavy atom. The van der Waals surface area contributed by atoms with E-state index >= 15 is 0 Å². The van der Waals surface area contributed by atoms with Gasteiger partial charge in [-0.25, -0.2) is 13.9 Å². The molecule has 0 aliphatic carbocycles. The number of amides is 1. The molecule has 0 saturated carbocycles. The van der Waals surface area contributed by atoms with E-state index in [1.165, 1.54) is 6.20 Å². The van der Waals surface area contributed by atoms with E-state index in [1.807, 2.05) is 4.90 Å². The van der Waals surface area contributed by atoms with Crippen LogP contribution in [0.4, 0.5) is 21.6 Å². The maximum atomic E-state index is 13.3. The van der Waals surface area contributed by atoms with Crippen LogP contribution in [0.3, 0.4) is 0 Å². The molecule has 0 unspecified atom stereocenters. The minimum Gasteiger partial charge on any atom is -0.481 e. The number of fused-ring (bicyclic) bond motifs is 1. The number of aromatic nitrogens is 4. The van der Waals surface area contributed by atoms with Gasteiger partial charge in [0.25, 0.3) is 5.91 Å². The van der Waals surface area contributed by atoms with Crippen molar-refractivity contribution in [2.45, 2.75) is 12.8 Å². The molecule has 4 heterocycles. The number of nitrogens with zero attached hydrogens (tertiary/aromatic N) is 5. The molecule has 150 valence electrons. The fraction of sp³-hybridized carbons (Fsp3) is 0.278. The van der Waals surface area contributed by atoms with E-state index in [4.69, 9.17) is 10.8 Å². The summed E-state index contributed by atoms with van der Waals surface area (Å²) in [6.45, 7) is 1.07. The van der Waals surface area contributed by atoms with E-state index in [9.17, 15) is 14.0 Å². The first-order valence-corrected chi connectivity index (χ1v) is 8.96. The summed E-state index contributed by atoms with van der Waals surface area (Å²) in [6.07, 6.45) is 6.24. The molecular formula is C18H18FN7O3. The van der Waals surface area contributed by atoms with Gasteiger partial charge in [-0.15, -0.1) is 5.10 Å². The van der Waals surface area contributed by atoms with Crippen molar-refractivity contribution in [1.82, 2.24) is 19.6 Å². The van der Waals surface area contributed by atoms with Gasteiger partial charge in [-0.05, 0) is 18.9 Å². The Bertz CT molecular complexity index is 1090. The quantitative estimate of drug-likeness (QED) is 0.598. The van der Waals surface area contributed by atoms with Crippen LogP contribution in [0, 0.1) is 11.7 Å². The van der Waals surface area contributed by atoms with Gasteiger partial charge in [0.1, 0.15) is 5.56 Å². The molecule has 1 fully saturated rings. The van der Waals surface area contributed by atoms with Crippen LogP contribution in [-0.4, -0.2) is 49.7 Å². The number of rotatable bonds is 4. The van der Waals surface area contributed by atoms with Gasteiger partial charge in [0.2, 0.25) is 0 Å². The molecule has 0 spiro atoms. The van der Waals surface area contributed by atoms with Crippen molar-refractivity contribution in [3.63, 3.8) is 0 Å². The van der Waals surface area contributed by atoms with Crippen LogP contribution >= 0.6 is 0 Å². The highest BCUT2D eigenvalue weighted by molar-refractivity contribution is 6.12. The third kappa shape index (κ3) is 3.53. The number of hydrogen-bond acceptors (Lipinski definition) is 7. The van der Waals surface area contributed by atoms with E-state index < -0.39 is 17.7 Å². The zero-order chi connectivity index (χ0) is 20.5. The molecule has 1 aliphatic heterocycles. The molecule has 0 aromatic carbocycles. The molecule has 0 atom stereocenters. The average molecular weight is 399 g/mol. The summed E-state index contributed by atoms with van der Waals surface area (Å²) < 4.78 is 14.5. The molecule has 29 heavy (non-hydrogen) atoms. The fourth-order valence-electron chi connectivity index (χ4n) is 3.44. The van der Waals surface area contributed by atoms with Crippen molar-refractivity contribution in [3.8, 4) is 0 Å². The maximum Gasteiger partial charge on any atom is 0.306 e. The highest BCUT2D eigenvalue weighted by Gasteiger charge is 2.27. The number of nitrogens with two attached hydrogens (primary N) is 1. The topological polar surface area (TPSA) is 139 Å². The number of carbonyl (C=O) groups excluding carboxylic acids is 1. The lowest BCUT2D eigenvalue weighted by Crippen LogP contribution is -2.36. The lowest BCUT2D eigenvalue weighted by molar-refractivity contribution is -0.142. The van der Waals surface area contributed by atoms with Gasteiger partial charge in [-0.2, -0.15) is 0 Å². The van der Waals surface area contributed by atoms with E-state index in [0.717, 1.165) is 16.9 Å². The molecule has 3 aromatic heterocycles. The molecule has 10 nitrogen and oxygen atoms in total. The van der Waals surface area contributed by atoms with Gasteiger partial charge in [0.05, 0.1) is 35.9 Å². The van der Waals surface area contributed by atoms with Crippen LogP contribution < -0.4 is 16.0 Å². The Morgan fingerprint density at radius 2 is 2.03 bits per heavy atom. The van der Waals surface area contributed by atoms with Gasteiger partial charge in [0, 0.05) is 19.3 Å². The van der Waals surface area contributed by atoms with E-state index in [1.54, 1.807) is 12.3 Å². The predicted octanol–water partition coefficient (Wildman–Crippen LogP) is 1.40. The Hall–Kier alpha value is -3.76. The number of piperidine rings is 1. The lowest BCUT2D eigenvalue weighted by Gasteiger charge is -2.32. The zero-order valence-corrected chi connectivity index (χ0v) is 15.2. The first-order valence-electron chi connectivity index (χ1n) is 8.96. The number of pyridine rings is 1. The SMILES string of the molecule is Nc1nn2cc(F)cnc2c1C(=O)Nc1ccncc1N1CCC(C(=O)O)CC1. The van der Waals surface area contributed by atoms with Crippen LogP contribution in [0.5, 0.6) is 0 Å². The van der Waals surface area contributed by atoms with E-state index in [0.29, 0.717) is 37.3 Å². The molecule has 1 saturated heterocycles. The average Bonchev–Trinajstić information content (AvgIpc) is 3.03. The monoisotopic (exact) mass is 399 g/mol. The fourth-order valence-corrected chi connectivity index (χ4v) is 3.44. The zero-order valence-electron chi connectivity index (χ0n) is 15.2. The molecule has 3 aromatic rings. The van der Waals surface area contributed by atoms with Crippen LogP contribution in [-0.2, 0) is 4.79 Å². The molecule has 1 amide bonds. The summed E-state index contributed by atoms with van der Waals surface area (Å²) in [4.78, 5) is 34.0. The smallest absolute Gasteiger partial charge is 0.306 e. The Kier molecular flexibility index (Phi) is 4.71. The number of anilines is 3. The van der Waals surface area contributed by atoms with Gasteiger partial charge < -0.3 is 21.1 Å². The summed E-state index contributed by atoms with van der Waals surface area (Å²) in [5, 5.41) is 15.9. The first-order chi connectivity index (χ1) is 13.9. The minimum absolute atomic E-state index is 0.0392. The van der Waals surface area contributed by atoms with Crippen LogP contribution in [0.1, 0.15) is 23.2 Å². The van der Waals surface area contributed by atoms with Crippen molar-refractivity contribution < 1.29 is 19.1 Å². The third-order valence-corrected chi connectivity index (χ3v) is 4.93. The van der Waals surface area contributed by atoms with E-state index in [2.05, 4.69) is 20.4 Å². The molecule has 4 N–H and O–H groups in total. The van der Waals surface area contributed by atoms with Gasteiger partial charge in [-0.1, -0.05) is 0 Å². The molecule has 4 rings (SSSR count). The van der Waals surface area contributed by atoms with Crippen LogP contribution in [0.25, 0.3) is 5.65 Å². The summed E-state index contributed by atoms with van der Waals surface area (Å²) in [6, 6.07) is 1.64. The molecule has 0 radical (unpaired) electrons. The van der Waals surface area contributed by atoms with Crippen molar-refractivity contribution >= 4 is 34.7 Å². The van der Waals surface area contributed by atoms with Gasteiger partial charge in [0.15, 0.2) is 17.3 Å². The molecular weight excluding hydrogens is 381 g/mol. The summed E-state index contributed by atoms with van der Waals surface area (Å²) in [5.74, 6) is -2.38. The Labute approximate surface area is 164 Å². The minimum atomic E-state index is -0.795. The second-order valence-corrected chi connectivity index (χ2v) is 6.75. The number of nitrogens with one attached hydrogen (secondary N) is 1. The normalized spacial score (nSPS) is 14.9. The number of halogens is 1. The highest BCUT2D eigenvalue weighted by atomic mass is 19.1. The van der Waals surface area contributed by atoms with Gasteiger partial charge in [-0.3, -0.25) is 14.6 Å². The largest absolute Gasteiger partial charge is 0.481 e. The Morgan fingerprint density at radius 3 is 2.76 bits per heavy atom. The number of hydrogen-bond donors (Lipinski definition) is 3. The molecule has 11 heteroatoms. The van der Waals surface area contributed by atoms with Crippen molar-refractivity contribution in [3.05, 3.63) is 42.2 Å². The first kappa shape index (κ1) is 18.6. The number of carboxylic acid groups (broad SMARTS) is 1. The summed E-state index contributed by atoms with van der Waals surface area (Å²) in [5.41, 5.74) is 7.21. The number of nitrogen functional groups attached to an aromatic ring is 1. The summed E-state index contributed by atoms with van der Waals surface area (Å²) in [7, 11) is 0. The molecule has 1 aliphatic rings. The number of carboxylic acids is 1. The van der Waals surface area contributed by atoms with Crippen molar-refractivity contribution in [1.29, 1.82) is 0 Å². The summed E-state index contributed by atoms with van der Waals surface area (Å²) >= 11 is 0. The van der Waals surface area contributed by atoms with E-state index in [-0.39, 0.29) is 22.9 Å². The number of aliphatic carboxylic acids is 1. The highest BCUT2D eigenvalue weighted by Crippen LogP contribution is 2.30. The van der Waals surface area contributed by atoms with Crippen molar-refractivity contribution in [2.24, 2.45) is 5.92 Å². The second-order valence-electron chi connectivity index (χ2n) is 6.75. The Balaban J connectivity index is 1.59. The van der Waals surface area contributed by atoms with Crippen LogP contribution in [0.15, 0.2) is 30.9 Å². The lowest BCUT2D eigenvalue weighted by atomic mass is 9.97. The third-order valence-electron chi connectivity index (χ3n) is 4.93.